The molecular weight excluding hydrogens is 258 g/mol. The van der Waals surface area contributed by atoms with Crippen molar-refractivity contribution in [3.63, 3.8) is 0 Å². The quantitative estimate of drug-likeness (QED) is 0.837. The fourth-order valence-corrected chi connectivity index (χ4v) is 2.20. The number of aromatic nitrogens is 1. The number of primary amides is 1. The molecule has 0 radical (unpaired) electrons. The fraction of sp³-hybridized carbons (Fsp3) is 0.0909. The van der Waals surface area contributed by atoms with Crippen LogP contribution >= 0.6 is 22.9 Å². The van der Waals surface area contributed by atoms with Gasteiger partial charge in [0.25, 0.3) is 0 Å². The molecule has 6 heteroatoms. The number of nitrogens with zero attached hydrogens (tertiary/aromatic N) is 1. The van der Waals surface area contributed by atoms with Crippen molar-refractivity contribution in [1.82, 2.24) is 4.98 Å². The molecule has 4 nitrogen and oxygen atoms in total. The Labute approximate surface area is 107 Å². The van der Waals surface area contributed by atoms with E-state index in [9.17, 15) is 4.79 Å². The van der Waals surface area contributed by atoms with Crippen molar-refractivity contribution in [2.24, 2.45) is 5.73 Å². The van der Waals surface area contributed by atoms with Gasteiger partial charge in [-0.1, -0.05) is 11.6 Å². The van der Waals surface area contributed by atoms with E-state index in [1.807, 2.05) is 6.07 Å². The van der Waals surface area contributed by atoms with E-state index >= 15 is 0 Å². The van der Waals surface area contributed by atoms with Crippen molar-refractivity contribution in [3.8, 4) is 0 Å². The number of halogens is 1. The van der Waals surface area contributed by atoms with Crippen LogP contribution in [0, 0.1) is 0 Å². The maximum atomic E-state index is 10.9. The first kappa shape index (κ1) is 11.9. The smallest absolute Gasteiger partial charge is 0.249 e. The Morgan fingerprint density at radius 3 is 2.94 bits per heavy atom. The number of carbonyl (C=O) groups is 1. The van der Waals surface area contributed by atoms with Gasteiger partial charge in [0.15, 0.2) is 0 Å². The Morgan fingerprint density at radius 2 is 2.35 bits per heavy atom. The van der Waals surface area contributed by atoms with Gasteiger partial charge in [-0.15, -0.1) is 11.3 Å². The molecule has 2 rings (SSSR count). The molecule has 0 aromatic carbocycles. The van der Waals surface area contributed by atoms with Gasteiger partial charge in [0.05, 0.1) is 17.4 Å². The highest BCUT2D eigenvalue weighted by atomic mass is 35.5. The number of hydrogen-bond donors (Lipinski definition) is 2. The summed E-state index contributed by atoms with van der Waals surface area (Å²) in [4.78, 5) is 15.9. The van der Waals surface area contributed by atoms with Gasteiger partial charge < -0.3 is 11.1 Å². The molecule has 0 aliphatic rings. The van der Waals surface area contributed by atoms with Crippen molar-refractivity contribution in [2.75, 3.05) is 5.32 Å². The molecule has 0 atom stereocenters. The van der Waals surface area contributed by atoms with E-state index in [1.54, 1.807) is 23.7 Å². The van der Waals surface area contributed by atoms with Gasteiger partial charge in [-0.25, -0.2) is 4.98 Å². The summed E-state index contributed by atoms with van der Waals surface area (Å²) in [5.41, 5.74) is 6.59. The number of amides is 1. The van der Waals surface area contributed by atoms with Gasteiger partial charge in [0.2, 0.25) is 5.91 Å². The Bertz CT molecular complexity index is 524. The van der Waals surface area contributed by atoms with Gasteiger partial charge in [-0.05, 0) is 18.2 Å². The molecule has 0 unspecified atom stereocenters. The molecule has 0 aliphatic carbocycles. The standard InChI is InChI=1S/C11H10ClN3OS/c12-10-2-1-8(4-15-10)14-5-9-3-7(6-17-9)11(13)16/h1-4,6,14H,5H2,(H2,13,16). The SMILES string of the molecule is NC(=O)c1csc(CNc2ccc(Cl)nc2)c1. The zero-order valence-corrected chi connectivity index (χ0v) is 10.4. The lowest BCUT2D eigenvalue weighted by atomic mass is 10.3. The highest BCUT2D eigenvalue weighted by Crippen LogP contribution is 2.16. The molecule has 2 aromatic heterocycles. The summed E-state index contributed by atoms with van der Waals surface area (Å²) in [6, 6.07) is 5.34. The van der Waals surface area contributed by atoms with E-state index in [-0.39, 0.29) is 0 Å². The van der Waals surface area contributed by atoms with Crippen molar-refractivity contribution in [2.45, 2.75) is 6.54 Å². The third-order valence-electron chi connectivity index (χ3n) is 2.13. The number of thiophene rings is 1. The molecule has 17 heavy (non-hydrogen) atoms. The van der Waals surface area contributed by atoms with E-state index in [4.69, 9.17) is 17.3 Å². The molecule has 1 amide bonds. The van der Waals surface area contributed by atoms with Crippen LogP contribution in [0.3, 0.4) is 0 Å². The second-order valence-electron chi connectivity index (χ2n) is 3.39. The summed E-state index contributed by atoms with van der Waals surface area (Å²) < 4.78 is 0. The van der Waals surface area contributed by atoms with Crippen molar-refractivity contribution in [3.05, 3.63) is 45.4 Å². The summed E-state index contributed by atoms with van der Waals surface area (Å²) in [5.74, 6) is -0.402. The second-order valence-corrected chi connectivity index (χ2v) is 4.77. The highest BCUT2D eigenvalue weighted by Gasteiger charge is 2.04. The number of pyridine rings is 1. The third-order valence-corrected chi connectivity index (χ3v) is 3.29. The lowest BCUT2D eigenvalue weighted by Gasteiger charge is -2.03. The van der Waals surface area contributed by atoms with Crippen LogP contribution in [0.2, 0.25) is 5.15 Å². The minimum absolute atomic E-state index is 0.402. The highest BCUT2D eigenvalue weighted by molar-refractivity contribution is 7.10. The van der Waals surface area contributed by atoms with Gasteiger partial charge in [-0.2, -0.15) is 0 Å². The number of rotatable bonds is 4. The molecule has 2 heterocycles. The van der Waals surface area contributed by atoms with Crippen LogP contribution in [0.4, 0.5) is 5.69 Å². The van der Waals surface area contributed by atoms with Crippen molar-refractivity contribution >= 4 is 34.5 Å². The molecule has 0 spiro atoms. The summed E-state index contributed by atoms with van der Waals surface area (Å²) in [5, 5.41) is 5.39. The first-order valence-electron chi connectivity index (χ1n) is 4.88. The molecule has 0 bridgehead atoms. The zero-order valence-electron chi connectivity index (χ0n) is 8.81. The van der Waals surface area contributed by atoms with E-state index in [0.29, 0.717) is 17.3 Å². The predicted molar refractivity (Wildman–Crippen MR) is 69.4 cm³/mol. The first-order valence-corrected chi connectivity index (χ1v) is 6.13. The minimum atomic E-state index is -0.402. The Hall–Kier alpha value is -1.59. The Morgan fingerprint density at radius 1 is 1.53 bits per heavy atom. The van der Waals surface area contributed by atoms with Crippen LogP contribution in [0.25, 0.3) is 0 Å². The van der Waals surface area contributed by atoms with Gasteiger partial charge in [0, 0.05) is 16.8 Å². The van der Waals surface area contributed by atoms with Gasteiger partial charge >= 0.3 is 0 Å². The minimum Gasteiger partial charge on any atom is -0.379 e. The van der Waals surface area contributed by atoms with Crippen LogP contribution in [-0.4, -0.2) is 10.9 Å². The summed E-state index contributed by atoms with van der Waals surface area (Å²) >= 11 is 7.17. The maximum Gasteiger partial charge on any atom is 0.249 e. The van der Waals surface area contributed by atoms with Crippen LogP contribution in [0.15, 0.2) is 29.8 Å². The normalized spacial score (nSPS) is 10.2. The lowest BCUT2D eigenvalue weighted by molar-refractivity contribution is 0.100. The van der Waals surface area contributed by atoms with Crippen molar-refractivity contribution in [1.29, 1.82) is 0 Å². The van der Waals surface area contributed by atoms with Crippen LogP contribution < -0.4 is 11.1 Å². The average molecular weight is 268 g/mol. The average Bonchev–Trinajstić information content (AvgIpc) is 2.77. The van der Waals surface area contributed by atoms with Gasteiger partial charge in [0.1, 0.15) is 5.15 Å². The van der Waals surface area contributed by atoms with Crippen LogP contribution in [0.5, 0.6) is 0 Å². The van der Waals surface area contributed by atoms with Crippen LogP contribution in [0.1, 0.15) is 15.2 Å². The summed E-state index contributed by atoms with van der Waals surface area (Å²) in [6.45, 7) is 0.626. The molecule has 88 valence electrons. The molecule has 2 aromatic rings. The predicted octanol–water partition coefficient (Wildman–Crippen LogP) is 2.51. The molecule has 0 saturated carbocycles. The maximum absolute atomic E-state index is 10.9. The number of nitrogens with one attached hydrogen (secondary N) is 1. The zero-order chi connectivity index (χ0) is 12.3. The van der Waals surface area contributed by atoms with E-state index in [2.05, 4.69) is 10.3 Å². The van der Waals surface area contributed by atoms with Crippen LogP contribution in [-0.2, 0) is 6.54 Å². The van der Waals surface area contributed by atoms with Gasteiger partial charge in [-0.3, -0.25) is 4.79 Å². The van der Waals surface area contributed by atoms with E-state index < -0.39 is 5.91 Å². The number of carbonyl (C=O) groups excluding carboxylic acids is 1. The first-order chi connectivity index (χ1) is 8.15. The summed E-state index contributed by atoms with van der Waals surface area (Å²) in [7, 11) is 0. The second kappa shape index (κ2) is 5.16. The third kappa shape index (κ3) is 3.18. The molecule has 0 aliphatic heterocycles. The number of hydrogen-bond acceptors (Lipinski definition) is 4. The fourth-order valence-electron chi connectivity index (χ4n) is 1.27. The monoisotopic (exact) mass is 267 g/mol. The molecule has 0 fully saturated rings. The van der Waals surface area contributed by atoms with E-state index in [1.165, 1.54) is 11.3 Å². The van der Waals surface area contributed by atoms with E-state index in [0.717, 1.165) is 10.6 Å². The number of anilines is 1. The molecule has 0 saturated heterocycles. The Kier molecular flexibility index (Phi) is 3.61. The van der Waals surface area contributed by atoms with Crippen molar-refractivity contribution < 1.29 is 4.79 Å². The molecule has 3 N–H and O–H groups in total. The topological polar surface area (TPSA) is 68.0 Å². The molecular formula is C11H10ClN3OS. The lowest BCUT2D eigenvalue weighted by Crippen LogP contribution is -2.09. The summed E-state index contributed by atoms with van der Waals surface area (Å²) in [6.07, 6.45) is 1.66. The largest absolute Gasteiger partial charge is 0.379 e. The Balaban J connectivity index is 1.97. The number of nitrogens with two attached hydrogens (primary N) is 1.